The van der Waals surface area contributed by atoms with Crippen molar-refractivity contribution in [2.45, 2.75) is 32.4 Å². The van der Waals surface area contributed by atoms with Crippen molar-refractivity contribution in [3.05, 3.63) is 34.9 Å². The molecule has 0 amide bonds. The molecule has 0 aliphatic carbocycles. The van der Waals surface area contributed by atoms with Crippen LogP contribution in [0.2, 0.25) is 5.02 Å². The van der Waals surface area contributed by atoms with E-state index in [1.807, 2.05) is 36.1 Å². The average Bonchev–Trinajstić information content (AvgIpc) is 2.28. The van der Waals surface area contributed by atoms with Crippen molar-refractivity contribution < 1.29 is 9.90 Å². The number of carbonyl (C=O) groups is 1. The van der Waals surface area contributed by atoms with Crippen LogP contribution in [0.1, 0.15) is 25.3 Å². The topological polar surface area (TPSA) is 40.5 Å². The molecule has 1 aliphatic heterocycles. The van der Waals surface area contributed by atoms with E-state index in [4.69, 9.17) is 11.6 Å². The molecule has 0 saturated carbocycles. The highest BCUT2D eigenvalue weighted by molar-refractivity contribution is 6.30. The molecule has 4 heteroatoms. The number of hydrogen-bond acceptors (Lipinski definition) is 2. The number of carboxylic acids is 1. The summed E-state index contributed by atoms with van der Waals surface area (Å²) in [7, 11) is 0. The van der Waals surface area contributed by atoms with Crippen LogP contribution in [0, 0.1) is 5.92 Å². The second-order valence-electron chi connectivity index (χ2n) is 5.00. The predicted octanol–water partition coefficient (Wildman–Crippen LogP) is 3.03. The first-order valence-corrected chi connectivity index (χ1v) is 6.67. The van der Waals surface area contributed by atoms with Gasteiger partial charge in [-0.2, -0.15) is 0 Å². The van der Waals surface area contributed by atoms with Crippen molar-refractivity contribution in [1.29, 1.82) is 0 Å². The van der Waals surface area contributed by atoms with Crippen LogP contribution in [-0.4, -0.2) is 28.6 Å². The number of aliphatic carboxylic acids is 1. The van der Waals surface area contributed by atoms with Crippen LogP contribution in [0.5, 0.6) is 0 Å². The van der Waals surface area contributed by atoms with Crippen molar-refractivity contribution in [2.75, 3.05) is 6.54 Å². The SMILES string of the molecule is CC1CCCN(Cc2cccc(Cl)c2)C1C(=O)O. The maximum atomic E-state index is 11.4. The summed E-state index contributed by atoms with van der Waals surface area (Å²) in [5.41, 5.74) is 1.07. The van der Waals surface area contributed by atoms with Gasteiger partial charge in [0.05, 0.1) is 0 Å². The Hall–Kier alpha value is -1.06. The highest BCUT2D eigenvalue weighted by Crippen LogP contribution is 2.25. The van der Waals surface area contributed by atoms with Crippen molar-refractivity contribution in [3.8, 4) is 0 Å². The third kappa shape index (κ3) is 3.03. The molecular formula is C14H18ClNO2. The van der Waals surface area contributed by atoms with Crippen molar-refractivity contribution >= 4 is 17.6 Å². The number of rotatable bonds is 3. The van der Waals surface area contributed by atoms with Gasteiger partial charge >= 0.3 is 5.97 Å². The quantitative estimate of drug-likeness (QED) is 0.915. The summed E-state index contributed by atoms with van der Waals surface area (Å²) in [6.07, 6.45) is 2.05. The highest BCUT2D eigenvalue weighted by atomic mass is 35.5. The number of benzene rings is 1. The van der Waals surface area contributed by atoms with Crippen LogP contribution in [0.25, 0.3) is 0 Å². The minimum atomic E-state index is -0.718. The van der Waals surface area contributed by atoms with Crippen LogP contribution in [0.3, 0.4) is 0 Å². The maximum absolute atomic E-state index is 11.4. The molecule has 1 saturated heterocycles. The fourth-order valence-corrected chi connectivity index (χ4v) is 2.93. The van der Waals surface area contributed by atoms with Crippen LogP contribution >= 0.6 is 11.6 Å². The van der Waals surface area contributed by atoms with Gasteiger partial charge in [-0.1, -0.05) is 30.7 Å². The molecule has 0 spiro atoms. The molecule has 2 atom stereocenters. The smallest absolute Gasteiger partial charge is 0.321 e. The Morgan fingerprint density at radius 1 is 1.56 bits per heavy atom. The zero-order valence-corrected chi connectivity index (χ0v) is 11.2. The van der Waals surface area contributed by atoms with E-state index in [0.29, 0.717) is 11.6 Å². The Morgan fingerprint density at radius 3 is 3.00 bits per heavy atom. The lowest BCUT2D eigenvalue weighted by Crippen LogP contribution is -2.48. The molecule has 0 bridgehead atoms. The number of halogens is 1. The van der Waals surface area contributed by atoms with Crippen LogP contribution in [-0.2, 0) is 11.3 Å². The Kier molecular flexibility index (Phi) is 4.25. The third-order valence-corrected chi connectivity index (χ3v) is 3.80. The summed E-state index contributed by atoms with van der Waals surface area (Å²) >= 11 is 5.96. The van der Waals surface area contributed by atoms with E-state index in [1.54, 1.807) is 0 Å². The molecule has 2 rings (SSSR count). The van der Waals surface area contributed by atoms with Gasteiger partial charge in [-0.3, -0.25) is 9.69 Å². The summed E-state index contributed by atoms with van der Waals surface area (Å²) < 4.78 is 0. The average molecular weight is 268 g/mol. The monoisotopic (exact) mass is 267 g/mol. The van der Waals surface area contributed by atoms with Gasteiger partial charge in [0.25, 0.3) is 0 Å². The van der Waals surface area contributed by atoms with Gasteiger partial charge in [0.2, 0.25) is 0 Å². The molecule has 0 aromatic heterocycles. The zero-order valence-electron chi connectivity index (χ0n) is 10.5. The van der Waals surface area contributed by atoms with E-state index >= 15 is 0 Å². The van der Waals surface area contributed by atoms with Gasteiger partial charge in [0, 0.05) is 11.6 Å². The number of nitrogens with zero attached hydrogens (tertiary/aromatic N) is 1. The van der Waals surface area contributed by atoms with Gasteiger partial charge in [-0.25, -0.2) is 0 Å². The number of hydrogen-bond donors (Lipinski definition) is 1. The van der Waals surface area contributed by atoms with Gasteiger partial charge in [-0.15, -0.1) is 0 Å². The zero-order chi connectivity index (χ0) is 13.1. The fraction of sp³-hybridized carbons (Fsp3) is 0.500. The molecule has 1 fully saturated rings. The summed E-state index contributed by atoms with van der Waals surface area (Å²) in [4.78, 5) is 13.4. The molecule has 2 unspecified atom stereocenters. The van der Waals surface area contributed by atoms with Gasteiger partial charge in [-0.05, 0) is 43.0 Å². The van der Waals surface area contributed by atoms with Crippen LogP contribution in [0.15, 0.2) is 24.3 Å². The maximum Gasteiger partial charge on any atom is 0.321 e. The Labute approximate surface area is 112 Å². The molecule has 3 nitrogen and oxygen atoms in total. The van der Waals surface area contributed by atoms with E-state index in [9.17, 15) is 9.90 Å². The lowest BCUT2D eigenvalue weighted by Gasteiger charge is -2.37. The first-order valence-electron chi connectivity index (χ1n) is 6.29. The molecule has 1 aliphatic rings. The minimum Gasteiger partial charge on any atom is -0.480 e. The van der Waals surface area contributed by atoms with Gasteiger partial charge in [0.15, 0.2) is 0 Å². The Balaban J connectivity index is 2.13. The molecule has 18 heavy (non-hydrogen) atoms. The summed E-state index contributed by atoms with van der Waals surface area (Å²) in [6, 6.07) is 7.25. The van der Waals surface area contributed by atoms with Crippen molar-refractivity contribution in [1.82, 2.24) is 4.90 Å². The highest BCUT2D eigenvalue weighted by Gasteiger charge is 2.33. The largest absolute Gasteiger partial charge is 0.480 e. The second-order valence-corrected chi connectivity index (χ2v) is 5.44. The first kappa shape index (κ1) is 13.4. The minimum absolute atomic E-state index is 0.204. The first-order chi connectivity index (χ1) is 8.58. The van der Waals surface area contributed by atoms with E-state index in [1.165, 1.54) is 0 Å². The summed E-state index contributed by atoms with van der Waals surface area (Å²) in [6.45, 7) is 3.51. The number of likely N-dealkylation sites (tertiary alicyclic amines) is 1. The van der Waals surface area contributed by atoms with Crippen LogP contribution < -0.4 is 0 Å². The molecule has 1 aromatic rings. The third-order valence-electron chi connectivity index (χ3n) is 3.56. The normalized spacial score (nSPS) is 25.0. The molecule has 1 N–H and O–H groups in total. The van der Waals surface area contributed by atoms with Crippen molar-refractivity contribution in [2.24, 2.45) is 5.92 Å². The van der Waals surface area contributed by atoms with E-state index in [2.05, 4.69) is 0 Å². The lowest BCUT2D eigenvalue weighted by molar-refractivity contribution is -0.147. The number of piperidine rings is 1. The standard InChI is InChI=1S/C14H18ClNO2/c1-10-4-3-7-16(13(10)14(17)18)9-11-5-2-6-12(15)8-11/h2,5-6,8,10,13H,3-4,7,9H2,1H3,(H,17,18). The Morgan fingerprint density at radius 2 is 2.33 bits per heavy atom. The van der Waals surface area contributed by atoms with E-state index in [0.717, 1.165) is 24.9 Å². The Bertz CT molecular complexity index is 436. The molecule has 1 heterocycles. The van der Waals surface area contributed by atoms with E-state index in [-0.39, 0.29) is 12.0 Å². The van der Waals surface area contributed by atoms with Crippen molar-refractivity contribution in [3.63, 3.8) is 0 Å². The predicted molar refractivity (Wildman–Crippen MR) is 71.7 cm³/mol. The summed E-state index contributed by atoms with van der Waals surface area (Å²) in [5, 5.41) is 10.0. The molecular weight excluding hydrogens is 250 g/mol. The van der Waals surface area contributed by atoms with E-state index < -0.39 is 5.97 Å². The second kappa shape index (κ2) is 5.72. The lowest BCUT2D eigenvalue weighted by atomic mass is 9.90. The fourth-order valence-electron chi connectivity index (χ4n) is 2.72. The number of carboxylic acid groups (broad SMARTS) is 1. The molecule has 1 aromatic carbocycles. The van der Waals surface area contributed by atoms with Crippen LogP contribution in [0.4, 0.5) is 0 Å². The summed E-state index contributed by atoms with van der Waals surface area (Å²) in [5.74, 6) is -0.514. The van der Waals surface area contributed by atoms with Gasteiger partial charge < -0.3 is 5.11 Å². The van der Waals surface area contributed by atoms with Gasteiger partial charge in [0.1, 0.15) is 6.04 Å². The molecule has 0 radical (unpaired) electrons. The molecule has 98 valence electrons.